The van der Waals surface area contributed by atoms with Gasteiger partial charge < -0.3 is 10.6 Å². The largest absolute Gasteiger partial charge is 0.370 e. The summed E-state index contributed by atoms with van der Waals surface area (Å²) in [6.45, 7) is 3.01. The molecule has 20 heavy (non-hydrogen) atoms. The summed E-state index contributed by atoms with van der Waals surface area (Å²) in [4.78, 5) is 4.48. The highest BCUT2D eigenvalue weighted by Crippen LogP contribution is 2.26. The van der Waals surface area contributed by atoms with Gasteiger partial charge in [0.2, 0.25) is 0 Å². The molecule has 0 aliphatic rings. The summed E-state index contributed by atoms with van der Waals surface area (Å²) >= 11 is 3.45. The van der Waals surface area contributed by atoms with Crippen LogP contribution in [0, 0.1) is 11.3 Å². The van der Waals surface area contributed by atoms with Crippen molar-refractivity contribution in [2.24, 2.45) is 0 Å². The number of anilines is 3. The number of halogens is 1. The summed E-state index contributed by atoms with van der Waals surface area (Å²) in [6.07, 6.45) is 1.06. The number of hydrogen-bond acceptors (Lipinski definition) is 4. The van der Waals surface area contributed by atoms with Gasteiger partial charge in [-0.05, 0) is 52.7 Å². The van der Waals surface area contributed by atoms with Gasteiger partial charge >= 0.3 is 0 Å². The maximum Gasteiger partial charge on any atom is 0.132 e. The third-order valence-corrected chi connectivity index (χ3v) is 3.32. The molecule has 1 aromatic carbocycles. The van der Waals surface area contributed by atoms with Gasteiger partial charge in [0.05, 0.1) is 17.3 Å². The lowest BCUT2D eigenvalue weighted by Crippen LogP contribution is -2.03. The van der Waals surface area contributed by atoms with Gasteiger partial charge in [0, 0.05) is 11.0 Å². The lowest BCUT2D eigenvalue weighted by atomic mass is 10.2. The van der Waals surface area contributed by atoms with Crippen LogP contribution in [0.15, 0.2) is 40.9 Å². The number of rotatable bonds is 5. The molecule has 0 aliphatic heterocycles. The van der Waals surface area contributed by atoms with E-state index in [1.54, 1.807) is 12.1 Å². The Hall–Kier alpha value is -2.06. The third kappa shape index (κ3) is 3.72. The fraction of sp³-hybridized carbons (Fsp3) is 0.200. The van der Waals surface area contributed by atoms with Gasteiger partial charge in [-0.2, -0.15) is 5.26 Å². The van der Waals surface area contributed by atoms with E-state index >= 15 is 0 Å². The van der Waals surface area contributed by atoms with Crippen LogP contribution in [0.25, 0.3) is 0 Å². The zero-order valence-electron chi connectivity index (χ0n) is 11.2. The number of hydrogen-bond donors (Lipinski definition) is 2. The number of nitrogens with zero attached hydrogens (tertiary/aromatic N) is 2. The van der Waals surface area contributed by atoms with E-state index in [1.807, 2.05) is 24.3 Å². The highest BCUT2D eigenvalue weighted by molar-refractivity contribution is 9.10. The van der Waals surface area contributed by atoms with Crippen molar-refractivity contribution in [3.8, 4) is 6.07 Å². The molecule has 2 N–H and O–H groups in total. The van der Waals surface area contributed by atoms with E-state index < -0.39 is 0 Å². The Morgan fingerprint density at radius 3 is 2.75 bits per heavy atom. The van der Waals surface area contributed by atoms with E-state index in [2.05, 4.69) is 44.5 Å². The summed E-state index contributed by atoms with van der Waals surface area (Å²) in [7, 11) is 0. The van der Waals surface area contributed by atoms with E-state index in [0.29, 0.717) is 5.56 Å². The molecule has 102 valence electrons. The Morgan fingerprint density at radius 2 is 2.05 bits per heavy atom. The molecular formula is C15H15BrN4. The predicted molar refractivity (Wildman–Crippen MR) is 85.2 cm³/mol. The molecule has 0 bridgehead atoms. The van der Waals surface area contributed by atoms with Crippen LogP contribution in [-0.2, 0) is 0 Å². The monoisotopic (exact) mass is 330 g/mol. The van der Waals surface area contributed by atoms with Gasteiger partial charge in [-0.15, -0.1) is 0 Å². The van der Waals surface area contributed by atoms with Crippen LogP contribution in [0.3, 0.4) is 0 Å². The summed E-state index contributed by atoms with van der Waals surface area (Å²) in [5, 5.41) is 15.3. The highest BCUT2D eigenvalue weighted by atomic mass is 79.9. The molecule has 4 nitrogen and oxygen atoms in total. The molecule has 0 spiro atoms. The van der Waals surface area contributed by atoms with Crippen molar-refractivity contribution < 1.29 is 0 Å². The number of aromatic nitrogens is 1. The minimum absolute atomic E-state index is 0.619. The topological polar surface area (TPSA) is 60.7 Å². The van der Waals surface area contributed by atoms with Crippen molar-refractivity contribution in [2.75, 3.05) is 17.2 Å². The standard InChI is InChI=1S/C15H15BrN4/c1-2-8-18-14-4-3-5-15(20-14)19-13-7-6-11(10-17)9-12(13)16/h3-7,9H,2,8H2,1H3,(H2,18,19,20). The molecule has 2 rings (SSSR count). The first kappa shape index (κ1) is 14.4. The lowest BCUT2D eigenvalue weighted by molar-refractivity contribution is 0.970. The predicted octanol–water partition coefficient (Wildman–Crippen LogP) is 4.28. The summed E-state index contributed by atoms with van der Waals surface area (Å²) < 4.78 is 0.838. The highest BCUT2D eigenvalue weighted by Gasteiger charge is 2.03. The van der Waals surface area contributed by atoms with Gasteiger partial charge in [0.25, 0.3) is 0 Å². The molecule has 1 heterocycles. The van der Waals surface area contributed by atoms with Crippen molar-refractivity contribution >= 4 is 33.3 Å². The Morgan fingerprint density at radius 1 is 1.25 bits per heavy atom. The third-order valence-electron chi connectivity index (χ3n) is 2.67. The normalized spacial score (nSPS) is 9.85. The second kappa shape index (κ2) is 6.92. The molecule has 2 aromatic rings. The molecule has 5 heteroatoms. The fourth-order valence-electron chi connectivity index (χ4n) is 1.68. The Balaban J connectivity index is 2.15. The van der Waals surface area contributed by atoms with Gasteiger partial charge in [-0.1, -0.05) is 13.0 Å². The molecule has 0 radical (unpaired) electrons. The van der Waals surface area contributed by atoms with Crippen LogP contribution < -0.4 is 10.6 Å². The quantitative estimate of drug-likeness (QED) is 0.858. The van der Waals surface area contributed by atoms with Gasteiger partial charge in [-0.3, -0.25) is 0 Å². The van der Waals surface area contributed by atoms with Crippen LogP contribution in [0.2, 0.25) is 0 Å². The van der Waals surface area contributed by atoms with E-state index in [-0.39, 0.29) is 0 Å². The van der Waals surface area contributed by atoms with E-state index in [4.69, 9.17) is 5.26 Å². The van der Waals surface area contributed by atoms with Crippen molar-refractivity contribution in [3.63, 3.8) is 0 Å². The van der Waals surface area contributed by atoms with Crippen LogP contribution >= 0.6 is 15.9 Å². The van der Waals surface area contributed by atoms with Crippen molar-refractivity contribution in [2.45, 2.75) is 13.3 Å². The van der Waals surface area contributed by atoms with Crippen LogP contribution in [0.5, 0.6) is 0 Å². The molecule has 1 aromatic heterocycles. The zero-order valence-corrected chi connectivity index (χ0v) is 12.7. The van der Waals surface area contributed by atoms with Crippen LogP contribution in [0.1, 0.15) is 18.9 Å². The molecule has 0 saturated heterocycles. The molecule has 0 aliphatic carbocycles. The first-order valence-corrected chi connectivity index (χ1v) is 7.20. The maximum atomic E-state index is 8.85. The fourth-order valence-corrected chi connectivity index (χ4v) is 2.16. The van der Waals surface area contributed by atoms with Crippen molar-refractivity contribution in [1.29, 1.82) is 5.26 Å². The Labute approximate surface area is 127 Å². The van der Waals surface area contributed by atoms with Gasteiger partial charge in [0.15, 0.2) is 0 Å². The average Bonchev–Trinajstić information content (AvgIpc) is 2.47. The van der Waals surface area contributed by atoms with Gasteiger partial charge in [-0.25, -0.2) is 4.98 Å². The Kier molecular flexibility index (Phi) is 4.97. The lowest BCUT2D eigenvalue weighted by Gasteiger charge is -2.10. The minimum atomic E-state index is 0.619. The first-order chi connectivity index (χ1) is 9.72. The smallest absolute Gasteiger partial charge is 0.132 e. The van der Waals surface area contributed by atoms with Crippen molar-refractivity contribution in [1.82, 2.24) is 4.98 Å². The summed E-state index contributed by atoms with van der Waals surface area (Å²) in [5.41, 5.74) is 1.50. The molecule has 0 atom stereocenters. The maximum absolute atomic E-state index is 8.85. The molecule has 0 amide bonds. The van der Waals surface area contributed by atoms with Crippen LogP contribution in [0.4, 0.5) is 17.3 Å². The number of benzene rings is 1. The molecule has 0 unspecified atom stereocenters. The number of pyridine rings is 1. The van der Waals surface area contributed by atoms with Crippen LogP contribution in [-0.4, -0.2) is 11.5 Å². The SMILES string of the molecule is CCCNc1cccc(Nc2ccc(C#N)cc2Br)n1. The minimum Gasteiger partial charge on any atom is -0.370 e. The number of nitriles is 1. The summed E-state index contributed by atoms with van der Waals surface area (Å²) in [5.74, 6) is 1.61. The number of nitrogens with one attached hydrogen (secondary N) is 2. The second-order valence-corrected chi connectivity index (χ2v) is 5.12. The van der Waals surface area contributed by atoms with E-state index in [9.17, 15) is 0 Å². The average molecular weight is 331 g/mol. The molecular weight excluding hydrogens is 316 g/mol. The Bertz CT molecular complexity index is 634. The first-order valence-electron chi connectivity index (χ1n) is 6.40. The van der Waals surface area contributed by atoms with Crippen molar-refractivity contribution in [3.05, 3.63) is 46.4 Å². The zero-order chi connectivity index (χ0) is 14.4. The van der Waals surface area contributed by atoms with E-state index in [0.717, 1.165) is 34.8 Å². The van der Waals surface area contributed by atoms with Gasteiger partial charge in [0.1, 0.15) is 11.6 Å². The second-order valence-electron chi connectivity index (χ2n) is 4.27. The van der Waals surface area contributed by atoms with E-state index in [1.165, 1.54) is 0 Å². The summed E-state index contributed by atoms with van der Waals surface area (Å²) in [6, 6.07) is 13.3. The molecule has 0 fully saturated rings. The molecule has 0 saturated carbocycles.